The first-order valence-corrected chi connectivity index (χ1v) is 9.97. The van der Waals surface area contributed by atoms with Crippen molar-refractivity contribution < 1.29 is 17.2 Å². The number of halogens is 3. The zero-order valence-electron chi connectivity index (χ0n) is 14.8. The van der Waals surface area contributed by atoms with Crippen molar-refractivity contribution in [3.8, 4) is 0 Å². The lowest BCUT2D eigenvalue weighted by molar-refractivity contribution is 0.275. The maximum Gasteiger partial charge on any atom is 0.211 e. The van der Waals surface area contributed by atoms with E-state index in [9.17, 15) is 17.2 Å². The van der Waals surface area contributed by atoms with Gasteiger partial charge < -0.3 is 10.6 Å². The van der Waals surface area contributed by atoms with E-state index in [-0.39, 0.29) is 30.5 Å². The standard InChI is InChI=1S/C16H24F2N4O2S.HI/c1-19-16(21-11-13-7-14(17)9-15(18)8-13)20-10-12-3-5-22(6-4-12)25(2,23)24;/h7-9,12H,3-6,10-11H2,1-2H3,(H2,19,20,21);1H. The van der Waals surface area contributed by atoms with Gasteiger partial charge in [-0.2, -0.15) is 0 Å². The summed E-state index contributed by atoms with van der Waals surface area (Å²) in [6, 6.07) is 3.37. The van der Waals surface area contributed by atoms with E-state index in [0.717, 1.165) is 18.9 Å². The van der Waals surface area contributed by atoms with Crippen LogP contribution >= 0.6 is 24.0 Å². The normalized spacial score (nSPS) is 16.8. The van der Waals surface area contributed by atoms with Crippen LogP contribution in [0.1, 0.15) is 18.4 Å². The van der Waals surface area contributed by atoms with E-state index in [1.54, 1.807) is 7.05 Å². The number of rotatable bonds is 5. The van der Waals surface area contributed by atoms with Gasteiger partial charge in [0.25, 0.3) is 0 Å². The Balaban J connectivity index is 0.00000338. The first kappa shape index (κ1) is 23.0. The summed E-state index contributed by atoms with van der Waals surface area (Å²) in [5, 5.41) is 6.19. The molecular weight excluding hydrogens is 477 g/mol. The molecule has 0 atom stereocenters. The maximum atomic E-state index is 13.2. The Bertz CT molecular complexity index is 703. The first-order valence-electron chi connectivity index (χ1n) is 8.12. The van der Waals surface area contributed by atoms with Gasteiger partial charge in [-0.1, -0.05) is 0 Å². The number of nitrogens with one attached hydrogen (secondary N) is 2. The molecule has 1 saturated heterocycles. The van der Waals surface area contributed by atoms with Crippen molar-refractivity contribution in [2.75, 3.05) is 32.9 Å². The molecule has 0 unspecified atom stereocenters. The van der Waals surface area contributed by atoms with Gasteiger partial charge in [0.15, 0.2) is 5.96 Å². The third-order valence-corrected chi connectivity index (χ3v) is 5.51. The van der Waals surface area contributed by atoms with Gasteiger partial charge in [0.2, 0.25) is 10.0 Å². The van der Waals surface area contributed by atoms with Gasteiger partial charge in [-0.05, 0) is 36.5 Å². The molecule has 1 aliphatic heterocycles. The summed E-state index contributed by atoms with van der Waals surface area (Å²) >= 11 is 0. The first-order chi connectivity index (χ1) is 11.8. The molecule has 0 saturated carbocycles. The van der Waals surface area contributed by atoms with Crippen LogP contribution in [0.4, 0.5) is 8.78 Å². The maximum absolute atomic E-state index is 13.2. The number of guanidine groups is 1. The molecule has 1 aromatic carbocycles. The van der Waals surface area contributed by atoms with Crippen LogP contribution in [0.25, 0.3) is 0 Å². The van der Waals surface area contributed by atoms with E-state index in [2.05, 4.69) is 15.6 Å². The number of nitrogens with zero attached hydrogens (tertiary/aromatic N) is 2. The van der Waals surface area contributed by atoms with Crippen molar-refractivity contribution in [1.29, 1.82) is 0 Å². The van der Waals surface area contributed by atoms with Gasteiger partial charge in [-0.25, -0.2) is 21.5 Å². The van der Waals surface area contributed by atoms with E-state index in [1.165, 1.54) is 22.7 Å². The summed E-state index contributed by atoms with van der Waals surface area (Å²) in [6.07, 6.45) is 2.80. The molecular formula is C16H25F2IN4O2S. The Morgan fingerprint density at radius 3 is 2.27 bits per heavy atom. The highest BCUT2D eigenvalue weighted by atomic mass is 127. The number of sulfonamides is 1. The van der Waals surface area contributed by atoms with Gasteiger partial charge in [0.05, 0.1) is 6.26 Å². The van der Waals surface area contributed by atoms with Crippen LogP contribution in [0.15, 0.2) is 23.2 Å². The number of hydrogen-bond donors (Lipinski definition) is 2. The van der Waals surface area contributed by atoms with Crippen molar-refractivity contribution in [1.82, 2.24) is 14.9 Å². The summed E-state index contributed by atoms with van der Waals surface area (Å²) in [4.78, 5) is 4.09. The van der Waals surface area contributed by atoms with E-state index >= 15 is 0 Å². The van der Waals surface area contributed by atoms with Crippen molar-refractivity contribution >= 4 is 40.0 Å². The van der Waals surface area contributed by atoms with Crippen molar-refractivity contribution in [2.45, 2.75) is 19.4 Å². The molecule has 1 aromatic rings. The van der Waals surface area contributed by atoms with Gasteiger partial charge in [-0.15, -0.1) is 24.0 Å². The zero-order valence-corrected chi connectivity index (χ0v) is 18.0. The fourth-order valence-corrected chi connectivity index (χ4v) is 3.68. The van der Waals surface area contributed by atoms with Crippen LogP contribution in [-0.4, -0.2) is 51.6 Å². The molecule has 2 rings (SSSR count). The molecule has 10 heteroatoms. The third kappa shape index (κ3) is 7.31. The SMILES string of the molecule is CN=C(NCc1cc(F)cc(F)c1)NCC1CCN(S(C)(=O)=O)CC1.I. The van der Waals surface area contributed by atoms with Crippen LogP contribution < -0.4 is 10.6 Å². The molecule has 0 aromatic heterocycles. The van der Waals surface area contributed by atoms with E-state index in [1.807, 2.05) is 0 Å². The third-order valence-electron chi connectivity index (χ3n) is 4.21. The minimum Gasteiger partial charge on any atom is -0.356 e. The van der Waals surface area contributed by atoms with Crippen molar-refractivity contribution in [3.05, 3.63) is 35.4 Å². The molecule has 2 N–H and O–H groups in total. The number of aliphatic imine (C=N–C) groups is 1. The lowest BCUT2D eigenvalue weighted by Gasteiger charge is -2.30. The molecule has 0 spiro atoms. The van der Waals surface area contributed by atoms with Gasteiger partial charge >= 0.3 is 0 Å². The minimum atomic E-state index is -3.12. The largest absolute Gasteiger partial charge is 0.356 e. The molecule has 0 aliphatic carbocycles. The highest BCUT2D eigenvalue weighted by Gasteiger charge is 2.24. The van der Waals surface area contributed by atoms with Crippen LogP contribution in [-0.2, 0) is 16.6 Å². The Morgan fingerprint density at radius 2 is 1.77 bits per heavy atom. The summed E-state index contributed by atoms with van der Waals surface area (Å²) in [5.74, 6) is -0.340. The second-order valence-corrected chi connectivity index (χ2v) is 8.17. The molecule has 1 heterocycles. The van der Waals surface area contributed by atoms with Crippen LogP contribution in [0.5, 0.6) is 0 Å². The lowest BCUT2D eigenvalue weighted by atomic mass is 9.98. The Labute approximate surface area is 170 Å². The average molecular weight is 502 g/mol. The molecule has 26 heavy (non-hydrogen) atoms. The number of hydrogen-bond acceptors (Lipinski definition) is 3. The fourth-order valence-electron chi connectivity index (χ4n) is 2.81. The quantitative estimate of drug-likeness (QED) is 0.367. The van der Waals surface area contributed by atoms with E-state index < -0.39 is 21.7 Å². The monoisotopic (exact) mass is 502 g/mol. The molecule has 1 aliphatic rings. The zero-order chi connectivity index (χ0) is 18.4. The highest BCUT2D eigenvalue weighted by molar-refractivity contribution is 14.0. The van der Waals surface area contributed by atoms with Crippen LogP contribution in [0.3, 0.4) is 0 Å². The molecule has 6 nitrogen and oxygen atoms in total. The van der Waals surface area contributed by atoms with E-state index in [0.29, 0.717) is 37.1 Å². The summed E-state index contributed by atoms with van der Waals surface area (Å²) in [5.41, 5.74) is 0.488. The summed E-state index contributed by atoms with van der Waals surface area (Å²) < 4.78 is 50.9. The predicted octanol–water partition coefficient (Wildman–Crippen LogP) is 1.92. The van der Waals surface area contributed by atoms with Gasteiger partial charge in [0.1, 0.15) is 11.6 Å². The molecule has 0 bridgehead atoms. The molecule has 0 amide bonds. The Morgan fingerprint density at radius 1 is 1.19 bits per heavy atom. The van der Waals surface area contributed by atoms with Gasteiger partial charge in [0, 0.05) is 39.3 Å². The molecule has 0 radical (unpaired) electrons. The van der Waals surface area contributed by atoms with E-state index in [4.69, 9.17) is 0 Å². The average Bonchev–Trinajstić information content (AvgIpc) is 2.53. The highest BCUT2D eigenvalue weighted by Crippen LogP contribution is 2.18. The van der Waals surface area contributed by atoms with Crippen molar-refractivity contribution in [3.63, 3.8) is 0 Å². The predicted molar refractivity (Wildman–Crippen MR) is 109 cm³/mol. The summed E-state index contributed by atoms with van der Waals surface area (Å²) in [7, 11) is -1.50. The van der Waals surface area contributed by atoms with Crippen LogP contribution in [0, 0.1) is 17.6 Å². The fraction of sp³-hybridized carbons (Fsp3) is 0.562. The van der Waals surface area contributed by atoms with Crippen LogP contribution in [0.2, 0.25) is 0 Å². The number of piperidine rings is 1. The van der Waals surface area contributed by atoms with Gasteiger partial charge in [-0.3, -0.25) is 4.99 Å². The topological polar surface area (TPSA) is 73.8 Å². The summed E-state index contributed by atoms with van der Waals surface area (Å²) in [6.45, 7) is 1.97. The Hall–Kier alpha value is -1.01. The minimum absolute atomic E-state index is 0. The second kappa shape index (κ2) is 10.4. The Kier molecular flexibility index (Phi) is 9.17. The smallest absolute Gasteiger partial charge is 0.211 e. The van der Waals surface area contributed by atoms with Crippen molar-refractivity contribution in [2.24, 2.45) is 10.9 Å². The molecule has 148 valence electrons. The second-order valence-electron chi connectivity index (χ2n) is 6.19. The lowest BCUT2D eigenvalue weighted by Crippen LogP contribution is -2.43. The number of benzene rings is 1. The molecule has 1 fully saturated rings.